The number of unbranched alkanes of at least 4 members (excludes halogenated alkanes) is 1. The Bertz CT molecular complexity index is 1040. The van der Waals surface area contributed by atoms with Crippen LogP contribution in [0.5, 0.6) is 5.75 Å². The van der Waals surface area contributed by atoms with Crippen LogP contribution in [0.1, 0.15) is 40.7 Å². The van der Waals surface area contributed by atoms with Gasteiger partial charge in [0.25, 0.3) is 0 Å². The van der Waals surface area contributed by atoms with Crippen molar-refractivity contribution in [1.82, 2.24) is 9.62 Å². The average Bonchev–Trinajstić information content (AvgIpc) is 3.24. The summed E-state index contributed by atoms with van der Waals surface area (Å²) < 4.78 is 32.5. The molecule has 0 radical (unpaired) electrons. The molecule has 1 aliphatic heterocycles. The first-order valence-electron chi connectivity index (χ1n) is 10.5. The average molecular weight is 465 g/mol. The maximum Gasteiger partial charge on any atom is 0.244 e. The molecule has 0 fully saturated rings. The third-order valence-corrected chi connectivity index (χ3v) is 7.33. The van der Waals surface area contributed by atoms with Gasteiger partial charge in [0.2, 0.25) is 10.0 Å². The fourth-order valence-electron chi connectivity index (χ4n) is 3.68. The zero-order chi connectivity index (χ0) is 22.4. The molecule has 0 atom stereocenters. The molecule has 0 amide bonds. The van der Waals surface area contributed by atoms with Crippen LogP contribution in [0.15, 0.2) is 41.3 Å². The zero-order valence-electron chi connectivity index (χ0n) is 18.0. The van der Waals surface area contributed by atoms with Crippen molar-refractivity contribution in [3.8, 4) is 5.75 Å². The van der Waals surface area contributed by atoms with Crippen LogP contribution in [0.3, 0.4) is 0 Å². The summed E-state index contributed by atoms with van der Waals surface area (Å²) >= 11 is 6.21. The number of carbonyl (C=O) groups excluding carboxylic acids is 1. The van der Waals surface area contributed by atoms with Crippen LogP contribution < -0.4 is 9.46 Å². The van der Waals surface area contributed by atoms with Gasteiger partial charge in [0.1, 0.15) is 10.6 Å². The molecular weight excluding hydrogens is 436 g/mol. The van der Waals surface area contributed by atoms with Crippen molar-refractivity contribution in [2.45, 2.75) is 37.0 Å². The van der Waals surface area contributed by atoms with E-state index in [0.29, 0.717) is 30.8 Å². The summed E-state index contributed by atoms with van der Waals surface area (Å²) in [4.78, 5) is 15.0. The summed E-state index contributed by atoms with van der Waals surface area (Å²) in [7, 11) is -0.273. The molecule has 8 heteroatoms. The number of likely N-dealkylation sites (N-methyl/N-ethyl adjacent to an activating group) is 1. The van der Waals surface area contributed by atoms with E-state index in [0.717, 1.165) is 48.5 Å². The Balaban J connectivity index is 1.51. The summed E-state index contributed by atoms with van der Waals surface area (Å²) in [6.07, 6.45) is 3.52. The van der Waals surface area contributed by atoms with Crippen molar-refractivity contribution in [1.29, 1.82) is 0 Å². The summed E-state index contributed by atoms with van der Waals surface area (Å²) in [5.74, 6) is 0.326. The van der Waals surface area contributed by atoms with Crippen molar-refractivity contribution in [3.63, 3.8) is 0 Å². The molecule has 0 unspecified atom stereocenters. The molecule has 0 bridgehead atoms. The van der Waals surface area contributed by atoms with E-state index in [1.807, 2.05) is 24.3 Å². The predicted molar refractivity (Wildman–Crippen MR) is 123 cm³/mol. The fraction of sp³-hybridized carbons (Fsp3) is 0.435. The summed E-state index contributed by atoms with van der Waals surface area (Å²) in [6.45, 7) is 2.21. The molecule has 0 spiro atoms. The van der Waals surface area contributed by atoms with Crippen LogP contribution in [0.25, 0.3) is 0 Å². The van der Waals surface area contributed by atoms with Crippen molar-refractivity contribution >= 4 is 27.4 Å². The van der Waals surface area contributed by atoms with Crippen molar-refractivity contribution in [2.75, 3.05) is 33.8 Å². The van der Waals surface area contributed by atoms with Gasteiger partial charge in [-0.05, 0) is 69.2 Å². The minimum atomic E-state index is -3.69. The Hall–Kier alpha value is -1.93. The van der Waals surface area contributed by atoms with Crippen LogP contribution >= 0.6 is 11.6 Å². The predicted octanol–water partition coefficient (Wildman–Crippen LogP) is 3.71. The van der Waals surface area contributed by atoms with Gasteiger partial charge in [0, 0.05) is 30.0 Å². The third-order valence-electron chi connectivity index (χ3n) is 5.54. The van der Waals surface area contributed by atoms with E-state index in [9.17, 15) is 13.2 Å². The SMILES string of the molecule is CNS(=O)(=O)c1cc(C(=O)CCCCN(C)CCc2ccccc2Cl)cc2c1OCC2. The molecule has 168 valence electrons. The Kier molecular flexibility index (Phi) is 8.11. The lowest BCUT2D eigenvalue weighted by atomic mass is 10.0. The Morgan fingerprint density at radius 2 is 1.97 bits per heavy atom. The van der Waals surface area contributed by atoms with E-state index < -0.39 is 10.0 Å². The van der Waals surface area contributed by atoms with E-state index in [1.165, 1.54) is 13.1 Å². The number of fused-ring (bicyclic) bond motifs is 1. The van der Waals surface area contributed by atoms with E-state index in [2.05, 4.69) is 16.7 Å². The number of benzene rings is 2. The first kappa shape index (κ1) is 23.7. The molecule has 0 aromatic heterocycles. The number of ether oxygens (including phenoxy) is 1. The van der Waals surface area contributed by atoms with Gasteiger partial charge in [-0.3, -0.25) is 4.79 Å². The number of ketones is 1. The van der Waals surface area contributed by atoms with Gasteiger partial charge < -0.3 is 9.64 Å². The molecule has 0 aliphatic carbocycles. The van der Waals surface area contributed by atoms with Gasteiger partial charge in [0.05, 0.1) is 6.61 Å². The molecular formula is C23H29ClN2O4S. The van der Waals surface area contributed by atoms with Gasteiger partial charge in [-0.15, -0.1) is 0 Å². The highest BCUT2D eigenvalue weighted by atomic mass is 35.5. The topological polar surface area (TPSA) is 75.7 Å². The highest BCUT2D eigenvalue weighted by Gasteiger charge is 2.26. The smallest absolute Gasteiger partial charge is 0.244 e. The van der Waals surface area contributed by atoms with E-state index >= 15 is 0 Å². The van der Waals surface area contributed by atoms with Gasteiger partial charge in [0.15, 0.2) is 5.78 Å². The van der Waals surface area contributed by atoms with Crippen LogP contribution in [0.2, 0.25) is 5.02 Å². The minimum absolute atomic E-state index is 0.0408. The number of Topliss-reactive ketones (excluding diaryl/α,β-unsaturated/α-hetero) is 1. The first-order valence-corrected chi connectivity index (χ1v) is 12.4. The molecule has 6 nitrogen and oxygen atoms in total. The molecule has 1 aliphatic rings. The van der Waals surface area contributed by atoms with Crippen LogP contribution in [-0.2, 0) is 22.9 Å². The Labute approximate surface area is 189 Å². The molecule has 31 heavy (non-hydrogen) atoms. The standard InChI is InChI=1S/C23H29ClN2O4S/c1-25-31(28,29)22-16-19(15-18-11-14-30-23(18)22)21(27)9-5-6-12-26(2)13-10-17-7-3-4-8-20(17)24/h3-4,7-8,15-16,25H,5-6,9-14H2,1-2H3. The van der Waals surface area contributed by atoms with Crippen LogP contribution in [0, 0.1) is 0 Å². The van der Waals surface area contributed by atoms with Gasteiger partial charge in [-0.2, -0.15) is 0 Å². The van der Waals surface area contributed by atoms with Crippen LogP contribution in [0.4, 0.5) is 0 Å². The van der Waals surface area contributed by atoms with Gasteiger partial charge in [-0.25, -0.2) is 13.1 Å². The minimum Gasteiger partial charge on any atom is -0.492 e. The van der Waals surface area contributed by atoms with Gasteiger partial charge >= 0.3 is 0 Å². The normalized spacial score (nSPS) is 13.3. The van der Waals surface area contributed by atoms with Crippen molar-refractivity contribution in [2.24, 2.45) is 0 Å². The lowest BCUT2D eigenvalue weighted by Crippen LogP contribution is -2.22. The monoisotopic (exact) mass is 464 g/mol. The highest BCUT2D eigenvalue weighted by Crippen LogP contribution is 2.34. The number of nitrogens with one attached hydrogen (secondary N) is 1. The second-order valence-corrected chi connectivity index (χ2v) is 10.1. The number of nitrogens with zero attached hydrogens (tertiary/aromatic N) is 1. The zero-order valence-corrected chi connectivity index (χ0v) is 19.6. The van der Waals surface area contributed by atoms with Gasteiger partial charge in [-0.1, -0.05) is 29.8 Å². The molecule has 1 heterocycles. The van der Waals surface area contributed by atoms with E-state index in [-0.39, 0.29) is 10.7 Å². The number of hydrogen-bond donors (Lipinski definition) is 1. The maximum absolute atomic E-state index is 12.7. The quantitative estimate of drug-likeness (QED) is 0.405. The number of carbonyl (C=O) groups is 1. The number of hydrogen-bond acceptors (Lipinski definition) is 5. The van der Waals surface area contributed by atoms with Crippen molar-refractivity contribution in [3.05, 3.63) is 58.1 Å². The number of rotatable bonds is 11. The van der Waals surface area contributed by atoms with E-state index in [4.69, 9.17) is 16.3 Å². The highest BCUT2D eigenvalue weighted by molar-refractivity contribution is 7.89. The molecule has 0 saturated carbocycles. The number of halogens is 1. The second-order valence-electron chi connectivity index (χ2n) is 7.79. The lowest BCUT2D eigenvalue weighted by molar-refractivity contribution is 0.0978. The second kappa shape index (κ2) is 10.6. The molecule has 0 saturated heterocycles. The summed E-state index contributed by atoms with van der Waals surface area (Å²) in [5.41, 5.74) is 2.35. The third kappa shape index (κ3) is 6.07. The molecule has 3 rings (SSSR count). The Morgan fingerprint density at radius 3 is 2.71 bits per heavy atom. The number of sulfonamides is 1. The summed E-state index contributed by atoms with van der Waals surface area (Å²) in [6, 6.07) is 11.1. The lowest BCUT2D eigenvalue weighted by Gasteiger charge is -2.17. The Morgan fingerprint density at radius 1 is 1.19 bits per heavy atom. The molecule has 2 aromatic rings. The molecule has 1 N–H and O–H groups in total. The molecule has 2 aromatic carbocycles. The largest absolute Gasteiger partial charge is 0.492 e. The fourth-order valence-corrected chi connectivity index (χ4v) is 4.85. The van der Waals surface area contributed by atoms with E-state index in [1.54, 1.807) is 6.07 Å². The summed E-state index contributed by atoms with van der Waals surface area (Å²) in [5, 5.41) is 0.792. The maximum atomic E-state index is 12.7. The first-order chi connectivity index (χ1) is 14.8. The van der Waals surface area contributed by atoms with Crippen LogP contribution in [-0.4, -0.2) is 52.9 Å². The van der Waals surface area contributed by atoms with Crippen molar-refractivity contribution < 1.29 is 17.9 Å².